The second kappa shape index (κ2) is 22.5. The summed E-state index contributed by atoms with van der Waals surface area (Å²) in [6.45, 7) is 5.52. The van der Waals surface area contributed by atoms with Crippen molar-refractivity contribution < 1.29 is 58.8 Å². The van der Waals surface area contributed by atoms with Gasteiger partial charge < -0.3 is 33.6 Å². The van der Waals surface area contributed by atoms with Gasteiger partial charge in [-0.3, -0.25) is 14.4 Å². The third-order valence-electron chi connectivity index (χ3n) is 9.88. The largest absolute Gasteiger partial charge is 0.376 e. The molecule has 2 aromatic carbocycles. The molecule has 3 heterocycles. The zero-order chi connectivity index (χ0) is 45.6. The van der Waals surface area contributed by atoms with E-state index in [1.165, 1.54) is 5.56 Å². The van der Waals surface area contributed by atoms with Gasteiger partial charge in [-0.05, 0) is 37.5 Å². The van der Waals surface area contributed by atoms with Crippen LogP contribution in [0.3, 0.4) is 0 Å². The summed E-state index contributed by atoms with van der Waals surface area (Å²) >= 11 is 1.56. The Kier molecular flexibility index (Phi) is 17.6. The van der Waals surface area contributed by atoms with Gasteiger partial charge in [0.2, 0.25) is 5.78 Å². The molecule has 334 valence electrons. The van der Waals surface area contributed by atoms with Crippen LogP contribution in [0.25, 0.3) is 10.9 Å². The number of carbonyl (C=O) groups is 3. The van der Waals surface area contributed by atoms with Crippen molar-refractivity contribution in [1.29, 1.82) is 0 Å². The predicted octanol–water partition coefficient (Wildman–Crippen LogP) is 5.50. The number of hydrogen-bond acceptors (Lipinski definition) is 18. The van der Waals surface area contributed by atoms with Gasteiger partial charge >= 0.3 is 0 Å². The number of ether oxygens (including phenoxy) is 1. The summed E-state index contributed by atoms with van der Waals surface area (Å²) in [5, 5.41) is 37.9. The number of benzene rings is 2. The number of nitrogens with zero attached hydrogens (tertiary/aromatic N) is 5. The standard InChI is InChI=1S/C20H25N3O8S.C18H19N3O8S/c1-3-13-6-5-7-15-16-10-29-12-20(4-2,19(16)21-18(13)15)8-17(24)32-11-14(31-23(27)28)9-30-22(25)26;1-12-3-5-13(6-4-12)18(23)16-8-7-14(19(16)2)9-17(22)30-11-15(29-21(26)27)10-28-20(24)25/h5-7,14,21H,3-4,8-12H2,1-2H3;3-8,15H,9-11H2,1-2H3. The van der Waals surface area contributed by atoms with E-state index in [0.29, 0.717) is 36.6 Å². The minimum absolute atomic E-state index is 0.0381. The highest BCUT2D eigenvalue weighted by Gasteiger charge is 2.40. The van der Waals surface area contributed by atoms with Crippen LogP contribution in [0.1, 0.15) is 70.8 Å². The molecule has 2 aromatic heterocycles. The van der Waals surface area contributed by atoms with Gasteiger partial charge in [0, 0.05) is 63.8 Å². The molecule has 1 N–H and O–H groups in total. The summed E-state index contributed by atoms with van der Waals surface area (Å²) in [5.74, 6) is -0.526. The third kappa shape index (κ3) is 13.4. The highest BCUT2D eigenvalue weighted by Crippen LogP contribution is 2.42. The minimum atomic E-state index is -1.27. The number of para-hydroxylation sites is 1. The smallest absolute Gasteiger partial charge is 0.294 e. The van der Waals surface area contributed by atoms with Gasteiger partial charge in [0.25, 0.3) is 20.3 Å². The molecule has 0 fully saturated rings. The van der Waals surface area contributed by atoms with Crippen LogP contribution in [0.2, 0.25) is 0 Å². The summed E-state index contributed by atoms with van der Waals surface area (Å²) in [6, 6.07) is 16.5. The number of nitrogens with one attached hydrogen (secondary N) is 1. The van der Waals surface area contributed by atoms with Gasteiger partial charge in [0.1, 0.15) is 25.4 Å². The molecule has 5 rings (SSSR count). The van der Waals surface area contributed by atoms with Crippen LogP contribution in [0.4, 0.5) is 0 Å². The second-order valence-electron chi connectivity index (χ2n) is 13.9. The normalized spacial score (nSPS) is 15.2. The molecule has 0 saturated heterocycles. The first kappa shape index (κ1) is 48.4. The Morgan fingerprint density at radius 1 is 0.839 bits per heavy atom. The number of ketones is 1. The van der Waals surface area contributed by atoms with Crippen LogP contribution in [0.5, 0.6) is 0 Å². The first-order valence-electron chi connectivity index (χ1n) is 18.9. The summed E-state index contributed by atoms with van der Waals surface area (Å²) in [4.78, 5) is 100.0. The zero-order valence-corrected chi connectivity index (χ0v) is 35.6. The molecule has 0 spiro atoms. The molecule has 4 aromatic rings. The van der Waals surface area contributed by atoms with E-state index in [0.717, 1.165) is 57.7 Å². The van der Waals surface area contributed by atoms with Gasteiger partial charge in [-0.1, -0.05) is 85.4 Å². The Hall–Kier alpha value is -6.27. The fraction of sp³-hybridized carbons (Fsp3) is 0.447. The van der Waals surface area contributed by atoms with Gasteiger partial charge in [-0.25, -0.2) is 0 Å². The fourth-order valence-corrected chi connectivity index (χ4v) is 8.34. The summed E-state index contributed by atoms with van der Waals surface area (Å²) in [7, 11) is 1.66. The molecule has 1 aliphatic rings. The SMILES string of the molecule is CCc1cccc2c3c([nH]c12)C(CC)(CC(=O)SCC(CO[N+](=O)[O-])O[N+](=O)[O-])COC3.Cc1ccc(C(=O)c2ccc(CC(=O)SCC(CO[N+](=O)[O-])O[N+](=O)[O-])n2C)cc1. The molecule has 22 nitrogen and oxygen atoms in total. The first-order chi connectivity index (χ1) is 29.5. The lowest BCUT2D eigenvalue weighted by atomic mass is 9.77. The van der Waals surface area contributed by atoms with Crippen LogP contribution >= 0.6 is 23.5 Å². The van der Waals surface area contributed by atoms with E-state index in [1.54, 1.807) is 35.9 Å². The summed E-state index contributed by atoms with van der Waals surface area (Å²) in [5.41, 5.74) is 6.29. The molecule has 0 saturated carbocycles. The highest BCUT2D eigenvalue weighted by atomic mass is 32.2. The Balaban J connectivity index is 0.000000273. The van der Waals surface area contributed by atoms with Crippen molar-refractivity contribution in [2.75, 3.05) is 31.3 Å². The Labute approximate surface area is 361 Å². The molecule has 0 bridgehead atoms. The van der Waals surface area contributed by atoms with Gasteiger partial charge in [0.15, 0.2) is 10.2 Å². The molecule has 0 amide bonds. The number of thioether (sulfide) groups is 2. The quantitative estimate of drug-likeness (QED) is 0.0579. The van der Waals surface area contributed by atoms with E-state index in [-0.39, 0.29) is 40.4 Å². The molecule has 62 heavy (non-hydrogen) atoms. The van der Waals surface area contributed by atoms with Crippen molar-refractivity contribution >= 4 is 50.4 Å². The number of aromatic nitrogens is 2. The summed E-state index contributed by atoms with van der Waals surface area (Å²) in [6.07, 6.45) is -0.873. The van der Waals surface area contributed by atoms with Crippen molar-refractivity contribution in [3.8, 4) is 0 Å². The summed E-state index contributed by atoms with van der Waals surface area (Å²) < 4.78 is 7.51. The number of H-pyrrole nitrogens is 1. The number of fused-ring (bicyclic) bond motifs is 3. The van der Waals surface area contributed by atoms with Crippen molar-refractivity contribution in [2.45, 2.75) is 70.7 Å². The lowest BCUT2D eigenvalue weighted by Gasteiger charge is -2.36. The van der Waals surface area contributed by atoms with Crippen molar-refractivity contribution in [3.63, 3.8) is 0 Å². The Morgan fingerprint density at radius 3 is 1.98 bits per heavy atom. The van der Waals surface area contributed by atoms with Gasteiger partial charge in [0.05, 0.1) is 25.3 Å². The fourth-order valence-electron chi connectivity index (χ4n) is 6.65. The lowest BCUT2D eigenvalue weighted by molar-refractivity contribution is -0.788. The van der Waals surface area contributed by atoms with E-state index >= 15 is 0 Å². The van der Waals surface area contributed by atoms with Crippen molar-refractivity contribution in [2.24, 2.45) is 7.05 Å². The Bertz CT molecular complexity index is 2270. The van der Waals surface area contributed by atoms with Crippen LogP contribution < -0.4 is 0 Å². The van der Waals surface area contributed by atoms with E-state index in [9.17, 15) is 54.8 Å². The van der Waals surface area contributed by atoms with Crippen LogP contribution in [0, 0.1) is 47.4 Å². The average Bonchev–Trinajstić information content (AvgIpc) is 3.80. The predicted molar refractivity (Wildman–Crippen MR) is 222 cm³/mol. The second-order valence-corrected chi connectivity index (χ2v) is 16.1. The van der Waals surface area contributed by atoms with Crippen LogP contribution in [-0.2, 0) is 65.6 Å². The van der Waals surface area contributed by atoms with E-state index in [2.05, 4.69) is 37.3 Å². The molecule has 0 aliphatic carbocycles. The van der Waals surface area contributed by atoms with E-state index < -0.39 is 51.2 Å². The number of aryl methyl sites for hydroxylation is 2. The highest BCUT2D eigenvalue weighted by molar-refractivity contribution is 8.13. The lowest BCUT2D eigenvalue weighted by Crippen LogP contribution is -2.38. The third-order valence-corrected chi connectivity index (χ3v) is 11.9. The molecule has 0 radical (unpaired) electrons. The monoisotopic (exact) mass is 904 g/mol. The minimum Gasteiger partial charge on any atom is -0.376 e. The zero-order valence-electron chi connectivity index (χ0n) is 34.0. The number of aromatic amines is 1. The Morgan fingerprint density at radius 2 is 1.44 bits per heavy atom. The maximum atomic E-state index is 12.8. The van der Waals surface area contributed by atoms with Gasteiger partial charge in [-0.15, -0.1) is 40.5 Å². The van der Waals surface area contributed by atoms with E-state index in [1.807, 2.05) is 38.1 Å². The van der Waals surface area contributed by atoms with Gasteiger partial charge in [-0.2, -0.15) is 0 Å². The maximum absolute atomic E-state index is 12.8. The molecule has 24 heteroatoms. The molecule has 3 atom stereocenters. The van der Waals surface area contributed by atoms with Crippen molar-refractivity contribution in [3.05, 3.63) is 134 Å². The number of hydrogen-bond donors (Lipinski definition) is 1. The first-order valence-corrected chi connectivity index (χ1v) is 20.9. The topological polar surface area (TPSA) is 291 Å². The number of rotatable bonds is 22. The average molecular weight is 905 g/mol. The molecular weight excluding hydrogens is 861 g/mol. The van der Waals surface area contributed by atoms with E-state index in [4.69, 9.17) is 4.74 Å². The molecule has 1 aliphatic heterocycles. The number of carbonyl (C=O) groups excluding carboxylic acids is 3. The molecule has 3 unspecified atom stereocenters. The van der Waals surface area contributed by atoms with Crippen LogP contribution in [-0.4, -0.2) is 89.4 Å². The van der Waals surface area contributed by atoms with Crippen molar-refractivity contribution in [1.82, 2.24) is 9.55 Å². The molecular formula is C38H44N6O16S2. The maximum Gasteiger partial charge on any atom is 0.294 e. The van der Waals surface area contributed by atoms with Crippen LogP contribution in [0.15, 0.2) is 54.6 Å².